The number of carbonyl (C=O) groups excluding carboxylic acids is 2. The normalized spacial score (nSPS) is 14.0. The Morgan fingerprint density at radius 3 is 2.48 bits per heavy atom. The molecule has 1 aliphatic rings. The van der Waals surface area contributed by atoms with E-state index in [4.69, 9.17) is 0 Å². The monoisotopic (exact) mass is 435 g/mol. The van der Waals surface area contributed by atoms with Gasteiger partial charge in [-0.15, -0.1) is 11.8 Å². The zero-order chi connectivity index (χ0) is 21.5. The Morgan fingerprint density at radius 2 is 1.68 bits per heavy atom. The Bertz CT molecular complexity index is 1030. The zero-order valence-electron chi connectivity index (χ0n) is 17.8. The van der Waals surface area contributed by atoms with Crippen molar-refractivity contribution in [3.05, 3.63) is 66.4 Å². The summed E-state index contributed by atoms with van der Waals surface area (Å²) in [5, 5.41) is 4.10. The highest BCUT2D eigenvalue weighted by atomic mass is 32.2. The summed E-state index contributed by atoms with van der Waals surface area (Å²) in [6, 6.07) is 18.3. The number of piperidine rings is 1. The Balaban J connectivity index is 1.35. The number of rotatable bonds is 8. The minimum absolute atomic E-state index is 0.0298. The number of likely N-dealkylation sites (tertiary alicyclic amines) is 1. The van der Waals surface area contributed by atoms with E-state index in [0.717, 1.165) is 48.2 Å². The van der Waals surface area contributed by atoms with Crippen LogP contribution in [0.25, 0.3) is 10.9 Å². The second kappa shape index (κ2) is 10.5. The number of benzene rings is 2. The van der Waals surface area contributed by atoms with Crippen LogP contribution in [0.4, 0.5) is 0 Å². The lowest BCUT2D eigenvalue weighted by atomic mass is 10.1. The molecule has 1 N–H and O–H groups in total. The fourth-order valence-corrected chi connectivity index (χ4v) is 4.95. The summed E-state index contributed by atoms with van der Waals surface area (Å²) in [6.07, 6.45) is 6.26. The second-order valence-corrected chi connectivity index (χ2v) is 8.97. The van der Waals surface area contributed by atoms with Gasteiger partial charge in [0.15, 0.2) is 0 Å². The number of nitrogens with zero attached hydrogens (tertiary/aromatic N) is 2. The molecule has 5 nitrogen and oxygen atoms in total. The van der Waals surface area contributed by atoms with Crippen molar-refractivity contribution in [2.75, 3.05) is 25.4 Å². The van der Waals surface area contributed by atoms with Crippen LogP contribution in [0.1, 0.15) is 24.8 Å². The van der Waals surface area contributed by atoms with Crippen LogP contribution in [0.5, 0.6) is 0 Å². The molecule has 1 saturated heterocycles. The molecule has 0 bridgehead atoms. The molecule has 4 rings (SSSR count). The van der Waals surface area contributed by atoms with Gasteiger partial charge in [-0.05, 0) is 37.3 Å². The van der Waals surface area contributed by atoms with Crippen LogP contribution in [-0.2, 0) is 22.6 Å². The summed E-state index contributed by atoms with van der Waals surface area (Å²) >= 11 is 1.53. The topological polar surface area (TPSA) is 54.3 Å². The number of hydrogen-bond acceptors (Lipinski definition) is 3. The van der Waals surface area contributed by atoms with Gasteiger partial charge in [0, 0.05) is 41.6 Å². The predicted molar refractivity (Wildman–Crippen MR) is 126 cm³/mol. The number of nitrogens with one attached hydrogen (secondary N) is 1. The lowest BCUT2D eigenvalue weighted by Gasteiger charge is -2.27. The number of thioether (sulfide) groups is 1. The predicted octanol–water partition coefficient (Wildman–Crippen LogP) is 4.10. The first kappa shape index (κ1) is 21.5. The Morgan fingerprint density at radius 1 is 0.935 bits per heavy atom. The van der Waals surface area contributed by atoms with E-state index in [1.165, 1.54) is 23.7 Å². The highest BCUT2D eigenvalue weighted by Crippen LogP contribution is 2.30. The van der Waals surface area contributed by atoms with Crippen molar-refractivity contribution < 1.29 is 9.59 Å². The fraction of sp³-hybridized carbons (Fsp3) is 0.360. The van der Waals surface area contributed by atoms with Crippen molar-refractivity contribution in [2.45, 2.75) is 37.1 Å². The lowest BCUT2D eigenvalue weighted by Crippen LogP contribution is -2.37. The smallest absolute Gasteiger partial charge is 0.242 e. The minimum atomic E-state index is 0.0298. The summed E-state index contributed by atoms with van der Waals surface area (Å²) in [5.41, 5.74) is 2.26. The van der Waals surface area contributed by atoms with Crippen molar-refractivity contribution in [3.63, 3.8) is 0 Å². The summed E-state index contributed by atoms with van der Waals surface area (Å²) in [6.45, 7) is 2.71. The average molecular weight is 436 g/mol. The number of amides is 2. The molecule has 2 heterocycles. The lowest BCUT2D eigenvalue weighted by molar-refractivity contribution is -0.132. The van der Waals surface area contributed by atoms with E-state index in [2.05, 4.69) is 23.5 Å². The van der Waals surface area contributed by atoms with E-state index in [1.807, 2.05) is 52.1 Å². The molecular weight excluding hydrogens is 406 g/mol. The number of carbonyl (C=O) groups is 2. The van der Waals surface area contributed by atoms with Gasteiger partial charge in [-0.1, -0.05) is 48.5 Å². The van der Waals surface area contributed by atoms with Gasteiger partial charge in [-0.3, -0.25) is 9.59 Å². The van der Waals surface area contributed by atoms with Crippen LogP contribution in [0.15, 0.2) is 65.7 Å². The molecule has 6 heteroatoms. The maximum absolute atomic E-state index is 12.8. The molecule has 0 unspecified atom stereocenters. The maximum Gasteiger partial charge on any atom is 0.242 e. The number of hydrogen-bond donors (Lipinski definition) is 1. The molecule has 1 aliphatic heterocycles. The van der Waals surface area contributed by atoms with E-state index < -0.39 is 0 Å². The number of para-hydroxylation sites is 1. The van der Waals surface area contributed by atoms with Gasteiger partial charge in [-0.25, -0.2) is 0 Å². The van der Waals surface area contributed by atoms with Crippen molar-refractivity contribution in [1.82, 2.24) is 14.8 Å². The molecule has 2 amide bonds. The average Bonchev–Trinajstić information content (AvgIpc) is 3.16. The van der Waals surface area contributed by atoms with Gasteiger partial charge in [0.25, 0.3) is 0 Å². The minimum Gasteiger partial charge on any atom is -0.355 e. The first-order valence-corrected chi connectivity index (χ1v) is 12.0. The molecule has 0 spiro atoms. The first-order valence-electron chi connectivity index (χ1n) is 11.0. The highest BCUT2D eigenvalue weighted by molar-refractivity contribution is 8.00. The molecule has 3 aromatic rings. The highest BCUT2D eigenvalue weighted by Gasteiger charge is 2.18. The van der Waals surface area contributed by atoms with Crippen molar-refractivity contribution in [3.8, 4) is 0 Å². The number of aromatic nitrogens is 1. The molecular formula is C25H29N3O2S. The third-order valence-corrected chi connectivity index (χ3v) is 6.75. The van der Waals surface area contributed by atoms with Crippen LogP contribution >= 0.6 is 11.8 Å². The van der Waals surface area contributed by atoms with Crippen LogP contribution in [0.2, 0.25) is 0 Å². The van der Waals surface area contributed by atoms with Crippen molar-refractivity contribution in [2.24, 2.45) is 0 Å². The van der Waals surface area contributed by atoms with Crippen molar-refractivity contribution in [1.29, 1.82) is 0 Å². The van der Waals surface area contributed by atoms with Gasteiger partial charge in [-0.2, -0.15) is 0 Å². The van der Waals surface area contributed by atoms with E-state index in [9.17, 15) is 9.59 Å². The van der Waals surface area contributed by atoms with Gasteiger partial charge in [0.1, 0.15) is 6.54 Å². The molecule has 0 radical (unpaired) electrons. The second-order valence-electron chi connectivity index (χ2n) is 7.95. The van der Waals surface area contributed by atoms with E-state index >= 15 is 0 Å². The van der Waals surface area contributed by atoms with Gasteiger partial charge in [0.2, 0.25) is 11.8 Å². The molecule has 0 aliphatic carbocycles. The Kier molecular flexibility index (Phi) is 7.30. The largest absolute Gasteiger partial charge is 0.355 e. The summed E-state index contributed by atoms with van der Waals surface area (Å²) in [4.78, 5) is 28.1. The zero-order valence-corrected chi connectivity index (χ0v) is 18.6. The molecule has 162 valence electrons. The molecule has 1 aromatic heterocycles. The number of fused-ring (bicyclic) bond motifs is 1. The van der Waals surface area contributed by atoms with Gasteiger partial charge < -0.3 is 14.8 Å². The Hall–Kier alpha value is -2.73. The van der Waals surface area contributed by atoms with Crippen molar-refractivity contribution >= 4 is 34.5 Å². The molecule has 31 heavy (non-hydrogen) atoms. The Labute approximate surface area is 187 Å². The van der Waals surface area contributed by atoms with E-state index in [0.29, 0.717) is 18.8 Å². The third kappa shape index (κ3) is 5.70. The molecule has 0 saturated carbocycles. The van der Waals surface area contributed by atoms with Gasteiger partial charge in [0.05, 0.1) is 5.75 Å². The van der Waals surface area contributed by atoms with Crippen LogP contribution in [-0.4, -0.2) is 46.7 Å². The van der Waals surface area contributed by atoms with Crippen LogP contribution in [0.3, 0.4) is 0 Å². The van der Waals surface area contributed by atoms with E-state index in [-0.39, 0.29) is 11.8 Å². The van der Waals surface area contributed by atoms with Gasteiger partial charge >= 0.3 is 0 Å². The SMILES string of the molecule is O=C(CSc1cn(CC(=O)N2CCCCC2)c2ccccc12)NCCc1ccccc1. The molecule has 2 aromatic carbocycles. The standard InChI is InChI=1S/C25H29N3O2S/c29-24(26-14-13-20-9-3-1-4-10-20)19-31-23-17-28(22-12-6-5-11-21(22)23)18-25(30)27-15-7-2-8-16-27/h1,3-6,9-12,17H,2,7-8,13-16,18-19H2,(H,26,29). The van der Waals surface area contributed by atoms with E-state index in [1.54, 1.807) is 0 Å². The summed E-state index contributed by atoms with van der Waals surface area (Å²) in [7, 11) is 0. The molecule has 1 fully saturated rings. The quantitative estimate of drug-likeness (QED) is 0.542. The maximum atomic E-state index is 12.8. The fourth-order valence-electron chi connectivity index (χ4n) is 4.03. The first-order chi connectivity index (χ1) is 15.2. The van der Waals surface area contributed by atoms with Crippen LogP contribution in [0, 0.1) is 0 Å². The summed E-state index contributed by atoms with van der Waals surface area (Å²) in [5.74, 6) is 0.570. The summed E-state index contributed by atoms with van der Waals surface area (Å²) < 4.78 is 2.03. The third-order valence-electron chi connectivity index (χ3n) is 5.70. The molecule has 0 atom stereocenters. The van der Waals surface area contributed by atoms with Crippen LogP contribution < -0.4 is 5.32 Å².